The summed E-state index contributed by atoms with van der Waals surface area (Å²) in [7, 11) is 0. The number of Topliss-reactive ketones (excluding diaryl/α,β-unsaturated/α-hetero) is 1. The van der Waals surface area contributed by atoms with Crippen LogP contribution in [-0.4, -0.2) is 10.8 Å². The molecule has 1 aromatic heterocycles. The average Bonchev–Trinajstić information content (AvgIpc) is 2.53. The van der Waals surface area contributed by atoms with E-state index in [1.807, 2.05) is 55.5 Å². The maximum atomic E-state index is 11.9. The van der Waals surface area contributed by atoms with Crippen molar-refractivity contribution in [2.45, 2.75) is 13.8 Å². The molecule has 0 radical (unpaired) electrons. The average molecular weight is 286 g/mol. The highest BCUT2D eigenvalue weighted by atomic mass is 16.1. The van der Waals surface area contributed by atoms with Crippen molar-refractivity contribution in [3.05, 3.63) is 65.4 Å². The molecule has 3 heteroatoms. The van der Waals surface area contributed by atoms with Gasteiger partial charge in [0, 0.05) is 16.5 Å². The molecule has 0 aliphatic heterocycles. The molecule has 0 fully saturated rings. The summed E-state index contributed by atoms with van der Waals surface area (Å²) >= 11 is 0. The maximum absolute atomic E-state index is 11.9. The molecular weight excluding hydrogens is 272 g/mol. The smallest absolute Gasteiger partial charge is 0.160 e. The normalized spacial score (nSPS) is 10.4. The van der Waals surface area contributed by atoms with Crippen LogP contribution in [0.5, 0.6) is 0 Å². The quantitative estimate of drug-likeness (QED) is 0.660. The highest BCUT2D eigenvalue weighted by Crippen LogP contribution is 2.29. The van der Waals surface area contributed by atoms with Crippen molar-refractivity contribution in [2.24, 2.45) is 0 Å². The first-order valence-corrected chi connectivity index (χ1v) is 7.02. The summed E-state index contributed by atoms with van der Waals surface area (Å²) in [6, 6.07) is 17.5. The molecule has 0 aliphatic carbocycles. The molecule has 106 valence electrons. The first kappa shape index (κ1) is 14.0. The summed E-state index contributed by atoms with van der Waals surface area (Å²) in [5.74, 6) is -0.000723. The van der Waals surface area contributed by atoms with E-state index in [1.54, 1.807) is 6.92 Å². The largest absolute Gasteiger partial charge is 0.294 e. The number of hydrogen-bond acceptors (Lipinski definition) is 3. The molecule has 2 aromatic carbocycles. The highest BCUT2D eigenvalue weighted by Gasteiger charge is 2.13. The fraction of sp³-hybridized carbons (Fsp3) is 0.105. The summed E-state index contributed by atoms with van der Waals surface area (Å²) in [5, 5.41) is 10.2. The zero-order valence-corrected chi connectivity index (χ0v) is 12.4. The Balaban J connectivity index is 2.39. The van der Waals surface area contributed by atoms with Crippen LogP contribution in [0.2, 0.25) is 0 Å². The number of hydrogen-bond donors (Lipinski definition) is 0. The fourth-order valence-corrected chi connectivity index (χ4v) is 2.63. The Morgan fingerprint density at radius 2 is 1.86 bits per heavy atom. The predicted molar refractivity (Wildman–Crippen MR) is 86.6 cm³/mol. The predicted octanol–water partition coefficient (Wildman–Crippen LogP) is 4.28. The van der Waals surface area contributed by atoms with Crippen molar-refractivity contribution in [2.75, 3.05) is 0 Å². The van der Waals surface area contributed by atoms with Gasteiger partial charge in [0.1, 0.15) is 11.8 Å². The molecule has 0 saturated carbocycles. The molecule has 0 aliphatic rings. The van der Waals surface area contributed by atoms with E-state index in [9.17, 15) is 10.1 Å². The first-order valence-electron chi connectivity index (χ1n) is 7.02. The summed E-state index contributed by atoms with van der Waals surface area (Å²) in [6.07, 6.45) is 0. The Hall–Kier alpha value is -2.99. The highest BCUT2D eigenvalue weighted by molar-refractivity contribution is 6.07. The monoisotopic (exact) mass is 286 g/mol. The lowest BCUT2D eigenvalue weighted by Crippen LogP contribution is -1.99. The zero-order valence-electron chi connectivity index (χ0n) is 12.4. The van der Waals surface area contributed by atoms with Gasteiger partial charge < -0.3 is 0 Å². The van der Waals surface area contributed by atoms with E-state index in [0.717, 1.165) is 22.1 Å². The Morgan fingerprint density at radius 3 is 2.50 bits per heavy atom. The van der Waals surface area contributed by atoms with Crippen LogP contribution in [0, 0.1) is 18.3 Å². The van der Waals surface area contributed by atoms with Crippen LogP contribution in [0.1, 0.15) is 28.5 Å². The number of nitriles is 1. The molecule has 22 heavy (non-hydrogen) atoms. The molecule has 3 rings (SSSR count). The Bertz CT molecular complexity index is 922. The summed E-state index contributed by atoms with van der Waals surface area (Å²) in [5.41, 5.74) is 4.33. The number of rotatable bonds is 2. The standard InChI is InChI=1S/C19H14N2O/c1-12-8-15(13(2)22)17-10-16(14-6-4-3-5-7-14)19(11-20)21-18(17)9-12/h3-10H,1-2H3. The Labute approximate surface area is 128 Å². The second kappa shape index (κ2) is 5.42. The van der Waals surface area contributed by atoms with Crippen molar-refractivity contribution in [3.8, 4) is 17.2 Å². The number of benzene rings is 2. The number of fused-ring (bicyclic) bond motifs is 1. The van der Waals surface area contributed by atoms with Gasteiger partial charge in [0.25, 0.3) is 0 Å². The third kappa shape index (κ3) is 2.36. The van der Waals surface area contributed by atoms with E-state index < -0.39 is 0 Å². The van der Waals surface area contributed by atoms with Gasteiger partial charge in [-0.25, -0.2) is 4.98 Å². The van der Waals surface area contributed by atoms with Crippen molar-refractivity contribution in [3.63, 3.8) is 0 Å². The number of ketones is 1. The molecule has 0 amide bonds. The summed E-state index contributed by atoms with van der Waals surface area (Å²) in [6.45, 7) is 3.47. The number of aryl methyl sites for hydroxylation is 1. The molecule has 0 N–H and O–H groups in total. The summed E-state index contributed by atoms with van der Waals surface area (Å²) in [4.78, 5) is 16.4. The van der Waals surface area contributed by atoms with Gasteiger partial charge in [0.15, 0.2) is 5.78 Å². The summed E-state index contributed by atoms with van der Waals surface area (Å²) < 4.78 is 0. The van der Waals surface area contributed by atoms with Crippen LogP contribution in [0.3, 0.4) is 0 Å². The first-order chi connectivity index (χ1) is 10.6. The lowest BCUT2D eigenvalue weighted by atomic mass is 9.97. The number of carbonyl (C=O) groups is 1. The number of carbonyl (C=O) groups excluding carboxylic acids is 1. The second-order valence-corrected chi connectivity index (χ2v) is 5.30. The number of aromatic nitrogens is 1. The molecule has 0 atom stereocenters. The fourth-order valence-electron chi connectivity index (χ4n) is 2.63. The van der Waals surface area contributed by atoms with E-state index in [-0.39, 0.29) is 5.78 Å². The number of nitrogens with zero attached hydrogens (tertiary/aromatic N) is 2. The molecule has 3 nitrogen and oxygen atoms in total. The van der Waals surface area contributed by atoms with Crippen LogP contribution in [0.15, 0.2) is 48.5 Å². The SMILES string of the molecule is CC(=O)c1cc(C)cc2nc(C#N)c(-c3ccccc3)cc12. The van der Waals surface area contributed by atoms with Gasteiger partial charge in [-0.1, -0.05) is 30.3 Å². The number of pyridine rings is 1. The van der Waals surface area contributed by atoms with Gasteiger partial charge >= 0.3 is 0 Å². The maximum Gasteiger partial charge on any atom is 0.160 e. The van der Waals surface area contributed by atoms with E-state index in [2.05, 4.69) is 11.1 Å². The Kier molecular flexibility index (Phi) is 3.44. The third-order valence-corrected chi connectivity index (χ3v) is 3.65. The van der Waals surface area contributed by atoms with Gasteiger partial charge in [-0.15, -0.1) is 0 Å². The van der Waals surface area contributed by atoms with Crippen molar-refractivity contribution < 1.29 is 4.79 Å². The van der Waals surface area contributed by atoms with E-state index in [0.29, 0.717) is 16.8 Å². The molecular formula is C19H14N2O. The molecule has 0 saturated heterocycles. The van der Waals surface area contributed by atoms with E-state index in [1.165, 1.54) is 0 Å². The molecule has 3 aromatic rings. The Morgan fingerprint density at radius 1 is 1.14 bits per heavy atom. The van der Waals surface area contributed by atoms with E-state index in [4.69, 9.17) is 0 Å². The van der Waals surface area contributed by atoms with Crippen LogP contribution >= 0.6 is 0 Å². The van der Waals surface area contributed by atoms with Crippen LogP contribution in [0.4, 0.5) is 0 Å². The molecule has 0 spiro atoms. The van der Waals surface area contributed by atoms with Crippen molar-refractivity contribution in [1.82, 2.24) is 4.98 Å². The van der Waals surface area contributed by atoms with Gasteiger partial charge in [0.2, 0.25) is 0 Å². The van der Waals surface area contributed by atoms with Crippen LogP contribution in [0.25, 0.3) is 22.0 Å². The molecule has 0 bridgehead atoms. The van der Waals surface area contributed by atoms with Crippen molar-refractivity contribution >= 4 is 16.7 Å². The minimum atomic E-state index is -0.000723. The van der Waals surface area contributed by atoms with Crippen LogP contribution < -0.4 is 0 Å². The minimum Gasteiger partial charge on any atom is -0.294 e. The van der Waals surface area contributed by atoms with Gasteiger partial charge in [-0.05, 0) is 43.2 Å². The zero-order chi connectivity index (χ0) is 15.7. The third-order valence-electron chi connectivity index (χ3n) is 3.65. The van der Waals surface area contributed by atoms with Crippen molar-refractivity contribution in [1.29, 1.82) is 5.26 Å². The molecule has 1 heterocycles. The lowest BCUT2D eigenvalue weighted by Gasteiger charge is -2.10. The van der Waals surface area contributed by atoms with Gasteiger partial charge in [-0.2, -0.15) is 5.26 Å². The topological polar surface area (TPSA) is 53.8 Å². The molecule has 0 unspecified atom stereocenters. The minimum absolute atomic E-state index is 0.000723. The second-order valence-electron chi connectivity index (χ2n) is 5.30. The van der Waals surface area contributed by atoms with Crippen LogP contribution in [-0.2, 0) is 0 Å². The van der Waals surface area contributed by atoms with E-state index >= 15 is 0 Å². The van der Waals surface area contributed by atoms with Gasteiger partial charge in [-0.3, -0.25) is 4.79 Å². The van der Waals surface area contributed by atoms with Gasteiger partial charge in [0.05, 0.1) is 5.52 Å². The lowest BCUT2D eigenvalue weighted by molar-refractivity contribution is 0.101.